The van der Waals surface area contributed by atoms with Crippen LogP contribution < -0.4 is 9.47 Å². The molecule has 0 aliphatic carbocycles. The molecule has 2 aromatic rings. The lowest BCUT2D eigenvalue weighted by molar-refractivity contribution is -0.131. The Morgan fingerprint density at radius 2 is 1.36 bits per heavy atom. The van der Waals surface area contributed by atoms with Gasteiger partial charge in [-0.25, -0.2) is 9.59 Å². The summed E-state index contributed by atoms with van der Waals surface area (Å²) in [6, 6.07) is 12.3. The van der Waals surface area contributed by atoms with Crippen molar-refractivity contribution in [2.45, 2.75) is 45.4 Å². The van der Waals surface area contributed by atoms with E-state index in [1.54, 1.807) is 36.4 Å². The van der Waals surface area contributed by atoms with Crippen LogP contribution in [0.1, 0.15) is 44.6 Å². The minimum absolute atomic E-state index is 0.0649. The second-order valence-corrected chi connectivity index (χ2v) is 7.75. The molecule has 0 fully saturated rings. The summed E-state index contributed by atoms with van der Waals surface area (Å²) in [4.78, 5) is 24.6. The number of para-hydroxylation sites is 1. The molecule has 0 saturated heterocycles. The average Bonchev–Trinajstić information content (AvgIpc) is 2.83. The van der Waals surface area contributed by atoms with E-state index in [4.69, 9.17) is 9.47 Å². The van der Waals surface area contributed by atoms with Crippen LogP contribution in [0, 0.1) is 0 Å². The molecule has 6 heteroatoms. The maximum atomic E-state index is 12.4. The number of ether oxygens (including phenoxy) is 2. The van der Waals surface area contributed by atoms with Crippen LogP contribution >= 0.6 is 0 Å². The molecule has 0 spiro atoms. The van der Waals surface area contributed by atoms with Crippen molar-refractivity contribution in [1.29, 1.82) is 0 Å². The molecule has 0 atom stereocenters. The quantitative estimate of drug-likeness (QED) is 0.197. The number of benzene rings is 2. The Morgan fingerprint density at radius 1 is 0.788 bits per heavy atom. The summed E-state index contributed by atoms with van der Waals surface area (Å²) in [6.45, 7) is 8.19. The smallest absolute Gasteiger partial charge is 0.341 e. The lowest BCUT2D eigenvalue weighted by Gasteiger charge is -2.18. The van der Waals surface area contributed by atoms with Gasteiger partial charge in [-0.1, -0.05) is 76.1 Å². The van der Waals surface area contributed by atoms with Crippen LogP contribution in [0.2, 0.25) is 0 Å². The number of hydrogen-bond donors (Lipinski definition) is 2. The highest BCUT2D eigenvalue weighted by Gasteiger charge is 2.21. The average molecular weight is 453 g/mol. The van der Waals surface area contributed by atoms with E-state index in [0.717, 1.165) is 37.7 Å². The minimum atomic E-state index is -0.741. The van der Waals surface area contributed by atoms with Gasteiger partial charge in [0.25, 0.3) is 0 Å². The predicted octanol–water partition coefficient (Wildman–Crippen LogP) is 4.77. The number of esters is 2. The van der Waals surface area contributed by atoms with Crippen molar-refractivity contribution in [3.63, 3.8) is 0 Å². The van der Waals surface area contributed by atoms with Gasteiger partial charge in [0, 0.05) is 11.1 Å². The van der Waals surface area contributed by atoms with Crippen LogP contribution in [0.15, 0.2) is 66.8 Å². The van der Waals surface area contributed by atoms with Crippen LogP contribution in [-0.2, 0) is 16.0 Å². The van der Waals surface area contributed by atoms with Crippen molar-refractivity contribution in [3.8, 4) is 22.6 Å². The van der Waals surface area contributed by atoms with E-state index >= 15 is 0 Å². The summed E-state index contributed by atoms with van der Waals surface area (Å²) >= 11 is 0. The van der Waals surface area contributed by atoms with Crippen molar-refractivity contribution >= 4 is 11.9 Å². The molecular weight excluding hydrogens is 420 g/mol. The number of carbonyl (C=O) groups excluding carboxylic acids is 2. The third-order valence-electron chi connectivity index (χ3n) is 5.18. The summed E-state index contributed by atoms with van der Waals surface area (Å²) in [5.74, 6) is -0.935. The van der Waals surface area contributed by atoms with Gasteiger partial charge in [0.15, 0.2) is 0 Å². The molecule has 0 unspecified atom stereocenters. The van der Waals surface area contributed by atoms with Gasteiger partial charge in [-0.05, 0) is 30.5 Å². The number of aliphatic hydroxyl groups excluding tert-OH is 2. The Labute approximate surface area is 195 Å². The maximum Gasteiger partial charge on any atom is 0.341 e. The van der Waals surface area contributed by atoms with Crippen LogP contribution in [0.25, 0.3) is 11.1 Å². The molecule has 0 saturated carbocycles. The molecule has 0 aliphatic heterocycles. The predicted molar refractivity (Wildman–Crippen MR) is 128 cm³/mol. The van der Waals surface area contributed by atoms with Gasteiger partial charge in [0.05, 0.1) is 24.4 Å². The van der Waals surface area contributed by atoms with Crippen molar-refractivity contribution in [2.75, 3.05) is 13.2 Å². The van der Waals surface area contributed by atoms with Crippen LogP contribution in [0.5, 0.6) is 11.5 Å². The van der Waals surface area contributed by atoms with E-state index in [1.165, 1.54) is 6.42 Å². The summed E-state index contributed by atoms with van der Waals surface area (Å²) in [5.41, 5.74) is 2.00. The van der Waals surface area contributed by atoms with E-state index in [0.29, 0.717) is 11.1 Å². The standard InChI is InChI=1S/C27H32O6/c1-4-5-6-7-8-12-21-13-11-16-24(33-27(31)20(3)18-29)25(21)22-14-9-10-15-23(22)32-26(30)19(2)17-28/h9-11,13-16,28-29H,2-8,12,17-18H2,1H3. The van der Waals surface area contributed by atoms with Crippen LogP contribution in [-0.4, -0.2) is 35.4 Å². The molecule has 2 N–H and O–H groups in total. The van der Waals surface area contributed by atoms with Gasteiger partial charge in [0.1, 0.15) is 11.5 Å². The minimum Gasteiger partial charge on any atom is -0.422 e. The molecule has 6 nitrogen and oxygen atoms in total. The Hall–Kier alpha value is -3.22. The summed E-state index contributed by atoms with van der Waals surface area (Å²) in [7, 11) is 0. The monoisotopic (exact) mass is 452 g/mol. The zero-order valence-electron chi connectivity index (χ0n) is 19.1. The zero-order valence-corrected chi connectivity index (χ0v) is 19.1. The van der Waals surface area contributed by atoms with E-state index in [9.17, 15) is 19.8 Å². The first-order valence-electron chi connectivity index (χ1n) is 11.2. The van der Waals surface area contributed by atoms with Crippen molar-refractivity contribution < 1.29 is 29.3 Å². The number of aliphatic hydroxyl groups is 2. The second kappa shape index (κ2) is 13.4. The molecule has 2 rings (SSSR count). The van der Waals surface area contributed by atoms with Crippen molar-refractivity contribution in [1.82, 2.24) is 0 Å². The highest BCUT2D eigenvalue weighted by Crippen LogP contribution is 2.40. The van der Waals surface area contributed by atoms with Crippen LogP contribution in [0.4, 0.5) is 0 Å². The fraction of sp³-hybridized carbons (Fsp3) is 0.333. The fourth-order valence-electron chi connectivity index (χ4n) is 3.33. The first-order chi connectivity index (χ1) is 15.9. The number of aryl methyl sites for hydroxylation is 1. The molecule has 33 heavy (non-hydrogen) atoms. The first kappa shape index (κ1) is 26.0. The molecule has 0 amide bonds. The number of carbonyl (C=O) groups is 2. The van der Waals surface area contributed by atoms with Crippen LogP contribution in [0.3, 0.4) is 0 Å². The van der Waals surface area contributed by atoms with Crippen molar-refractivity contribution in [2.24, 2.45) is 0 Å². The topological polar surface area (TPSA) is 93.1 Å². The third kappa shape index (κ3) is 7.41. The number of rotatable bonds is 13. The van der Waals surface area contributed by atoms with Gasteiger partial charge in [-0.2, -0.15) is 0 Å². The van der Waals surface area contributed by atoms with E-state index in [1.807, 2.05) is 6.07 Å². The van der Waals surface area contributed by atoms with Gasteiger partial charge < -0.3 is 19.7 Å². The fourth-order valence-corrected chi connectivity index (χ4v) is 3.33. The normalized spacial score (nSPS) is 10.5. The number of unbranched alkanes of at least 4 members (excludes halogenated alkanes) is 4. The largest absolute Gasteiger partial charge is 0.422 e. The van der Waals surface area contributed by atoms with Gasteiger partial charge in [-0.3, -0.25) is 0 Å². The molecule has 176 valence electrons. The van der Waals surface area contributed by atoms with Crippen molar-refractivity contribution in [3.05, 3.63) is 72.3 Å². The van der Waals surface area contributed by atoms with E-state index < -0.39 is 25.2 Å². The van der Waals surface area contributed by atoms with E-state index in [-0.39, 0.29) is 22.6 Å². The molecule has 0 heterocycles. The van der Waals surface area contributed by atoms with E-state index in [2.05, 4.69) is 20.1 Å². The molecule has 2 aromatic carbocycles. The second-order valence-electron chi connectivity index (χ2n) is 7.75. The Kier molecular flexibility index (Phi) is 10.5. The molecule has 0 bridgehead atoms. The van der Waals surface area contributed by atoms with Gasteiger partial charge in [-0.15, -0.1) is 0 Å². The molecule has 0 aromatic heterocycles. The Balaban J connectivity index is 2.49. The van der Waals surface area contributed by atoms with Gasteiger partial charge >= 0.3 is 11.9 Å². The maximum absolute atomic E-state index is 12.4. The summed E-state index contributed by atoms with van der Waals surface area (Å²) in [5, 5.41) is 18.4. The SMILES string of the molecule is C=C(CO)C(=O)Oc1ccccc1-c1c(CCCCCCC)cccc1OC(=O)C(=C)CO. The Morgan fingerprint density at radius 3 is 2.00 bits per heavy atom. The highest BCUT2D eigenvalue weighted by molar-refractivity contribution is 5.93. The molecular formula is C27H32O6. The Bertz CT molecular complexity index is 992. The summed E-state index contributed by atoms with van der Waals surface area (Å²) in [6.07, 6.45) is 6.26. The highest BCUT2D eigenvalue weighted by atomic mass is 16.5. The number of hydrogen-bond acceptors (Lipinski definition) is 6. The van der Waals surface area contributed by atoms with Gasteiger partial charge in [0.2, 0.25) is 0 Å². The lowest BCUT2D eigenvalue weighted by atomic mass is 9.94. The summed E-state index contributed by atoms with van der Waals surface area (Å²) < 4.78 is 11.1. The lowest BCUT2D eigenvalue weighted by Crippen LogP contribution is -2.15. The molecule has 0 radical (unpaired) electrons. The molecule has 0 aliphatic rings. The zero-order chi connectivity index (χ0) is 24.2. The third-order valence-corrected chi connectivity index (χ3v) is 5.18. The first-order valence-corrected chi connectivity index (χ1v) is 11.2.